The van der Waals surface area contributed by atoms with Crippen molar-refractivity contribution >= 4 is 22.6 Å². The number of thioether (sulfide) groups is 1. The lowest BCUT2D eigenvalue weighted by Gasteiger charge is -2.30. The van der Waals surface area contributed by atoms with Crippen molar-refractivity contribution in [1.29, 1.82) is 0 Å². The zero-order chi connectivity index (χ0) is 11.6. The number of rotatable bonds is 2. The van der Waals surface area contributed by atoms with Crippen LogP contribution in [0.4, 0.5) is 5.69 Å². The quantitative estimate of drug-likeness (QED) is 0.827. The number of benzene rings is 1. The lowest BCUT2D eigenvalue weighted by molar-refractivity contribution is 0.482. The molecule has 1 aromatic rings. The van der Waals surface area contributed by atoms with Crippen LogP contribution < -0.4 is 11.1 Å². The Bertz CT molecular complexity index is 416. The van der Waals surface area contributed by atoms with Crippen molar-refractivity contribution in [3.63, 3.8) is 0 Å². The number of aliphatic imine (C=N–C) groups is 1. The third kappa shape index (κ3) is 2.16. The highest BCUT2D eigenvalue weighted by Gasteiger charge is 2.29. The highest BCUT2D eigenvalue weighted by Crippen LogP contribution is 2.35. The van der Waals surface area contributed by atoms with E-state index in [-0.39, 0.29) is 5.54 Å². The first-order valence-corrected chi connectivity index (χ1v) is 6.39. The number of nitrogens with one attached hydrogen (secondary N) is 1. The topological polar surface area (TPSA) is 50.4 Å². The van der Waals surface area contributed by atoms with Crippen LogP contribution in [0.1, 0.15) is 18.9 Å². The molecule has 16 heavy (non-hydrogen) atoms. The van der Waals surface area contributed by atoms with Gasteiger partial charge in [-0.15, -0.1) is 0 Å². The molecule has 0 spiro atoms. The zero-order valence-corrected chi connectivity index (χ0v) is 10.5. The molecule has 0 aliphatic carbocycles. The van der Waals surface area contributed by atoms with E-state index in [1.165, 1.54) is 5.56 Å². The second-order valence-electron chi connectivity index (χ2n) is 4.15. The van der Waals surface area contributed by atoms with Crippen LogP contribution in [0.5, 0.6) is 0 Å². The van der Waals surface area contributed by atoms with Crippen LogP contribution in [0.15, 0.2) is 29.3 Å². The second-order valence-corrected chi connectivity index (χ2v) is 5.27. The minimum absolute atomic E-state index is 0.164. The van der Waals surface area contributed by atoms with Gasteiger partial charge in [0, 0.05) is 18.5 Å². The maximum atomic E-state index is 5.82. The Hall–Kier alpha value is -1.16. The molecule has 86 valence electrons. The van der Waals surface area contributed by atoms with Gasteiger partial charge in [-0.25, -0.2) is 0 Å². The monoisotopic (exact) mass is 235 g/mol. The van der Waals surface area contributed by atoms with Crippen molar-refractivity contribution in [3.05, 3.63) is 29.8 Å². The predicted octanol–water partition coefficient (Wildman–Crippen LogP) is 2.40. The van der Waals surface area contributed by atoms with E-state index in [1.807, 2.05) is 7.05 Å². The van der Waals surface area contributed by atoms with Gasteiger partial charge in [0.25, 0.3) is 0 Å². The minimum Gasteiger partial charge on any atom is -0.388 e. The Kier molecular flexibility index (Phi) is 3.10. The lowest BCUT2D eigenvalue weighted by Crippen LogP contribution is -2.28. The summed E-state index contributed by atoms with van der Waals surface area (Å²) in [4.78, 5) is 4.59. The Morgan fingerprint density at radius 2 is 2.31 bits per heavy atom. The SMILES string of the molecule is CNc1cccc(C2(C)CCSC(N)=N2)c1. The zero-order valence-electron chi connectivity index (χ0n) is 9.66. The summed E-state index contributed by atoms with van der Waals surface area (Å²) in [5.41, 5.74) is 7.99. The van der Waals surface area contributed by atoms with Gasteiger partial charge in [-0.05, 0) is 31.0 Å². The summed E-state index contributed by atoms with van der Waals surface area (Å²) in [6.07, 6.45) is 1.03. The maximum Gasteiger partial charge on any atom is 0.154 e. The van der Waals surface area contributed by atoms with Crippen LogP contribution in [0.2, 0.25) is 0 Å². The molecule has 0 amide bonds. The number of nitrogens with two attached hydrogens (primary N) is 1. The van der Waals surface area contributed by atoms with Crippen LogP contribution in [0.25, 0.3) is 0 Å². The fourth-order valence-corrected chi connectivity index (χ4v) is 2.88. The molecular weight excluding hydrogens is 218 g/mol. The van der Waals surface area contributed by atoms with Crippen molar-refractivity contribution in [2.24, 2.45) is 10.7 Å². The lowest BCUT2D eigenvalue weighted by atomic mass is 9.89. The maximum absolute atomic E-state index is 5.82. The molecule has 0 radical (unpaired) electrons. The van der Waals surface area contributed by atoms with Crippen molar-refractivity contribution in [1.82, 2.24) is 0 Å². The average molecular weight is 235 g/mol. The summed E-state index contributed by atoms with van der Waals surface area (Å²) in [6.45, 7) is 2.15. The highest BCUT2D eigenvalue weighted by atomic mass is 32.2. The molecule has 1 aliphatic heterocycles. The van der Waals surface area contributed by atoms with E-state index < -0.39 is 0 Å². The van der Waals surface area contributed by atoms with Gasteiger partial charge in [0.15, 0.2) is 5.17 Å². The van der Waals surface area contributed by atoms with Crippen LogP contribution in [-0.2, 0) is 5.54 Å². The molecule has 1 heterocycles. The van der Waals surface area contributed by atoms with Crippen molar-refractivity contribution in [2.75, 3.05) is 18.1 Å². The van der Waals surface area contributed by atoms with Crippen LogP contribution in [0, 0.1) is 0 Å². The molecule has 1 unspecified atom stereocenters. The number of hydrogen-bond acceptors (Lipinski definition) is 4. The van der Waals surface area contributed by atoms with Crippen molar-refractivity contribution in [3.8, 4) is 0 Å². The van der Waals surface area contributed by atoms with Gasteiger partial charge in [0.1, 0.15) is 0 Å². The Balaban J connectivity index is 2.38. The third-order valence-corrected chi connectivity index (χ3v) is 3.76. The molecule has 0 fully saturated rings. The Morgan fingerprint density at radius 3 is 3.00 bits per heavy atom. The van der Waals surface area contributed by atoms with Gasteiger partial charge in [0.05, 0.1) is 5.54 Å². The molecule has 0 saturated carbocycles. The molecule has 4 heteroatoms. The normalized spacial score (nSPS) is 25.0. The smallest absolute Gasteiger partial charge is 0.154 e. The van der Waals surface area contributed by atoms with Crippen LogP contribution >= 0.6 is 11.8 Å². The van der Waals surface area contributed by atoms with Crippen molar-refractivity contribution in [2.45, 2.75) is 18.9 Å². The summed E-state index contributed by atoms with van der Waals surface area (Å²) in [5, 5.41) is 3.85. The van der Waals surface area contributed by atoms with E-state index in [9.17, 15) is 0 Å². The van der Waals surface area contributed by atoms with Gasteiger partial charge >= 0.3 is 0 Å². The summed E-state index contributed by atoms with van der Waals surface area (Å²) < 4.78 is 0. The molecule has 2 rings (SSSR count). The molecular formula is C12H17N3S. The van der Waals surface area contributed by atoms with E-state index in [0.717, 1.165) is 17.9 Å². The Morgan fingerprint density at radius 1 is 1.50 bits per heavy atom. The van der Waals surface area contributed by atoms with E-state index in [2.05, 4.69) is 41.5 Å². The van der Waals surface area contributed by atoms with E-state index >= 15 is 0 Å². The van der Waals surface area contributed by atoms with E-state index in [0.29, 0.717) is 5.17 Å². The standard InChI is InChI=1S/C12H17N3S/c1-12(6-7-16-11(13)15-12)9-4-3-5-10(8-9)14-2/h3-5,8,14H,6-7H2,1-2H3,(H2,13,15). The summed E-state index contributed by atoms with van der Waals surface area (Å²) in [5.74, 6) is 1.04. The van der Waals surface area contributed by atoms with E-state index in [1.54, 1.807) is 11.8 Å². The number of amidine groups is 1. The largest absolute Gasteiger partial charge is 0.388 e. The molecule has 3 N–H and O–H groups in total. The molecule has 1 atom stereocenters. The molecule has 0 saturated heterocycles. The van der Waals surface area contributed by atoms with Gasteiger partial charge in [-0.2, -0.15) is 0 Å². The number of hydrogen-bond donors (Lipinski definition) is 2. The summed E-state index contributed by atoms with van der Waals surface area (Å²) >= 11 is 1.64. The first-order chi connectivity index (χ1) is 7.64. The minimum atomic E-state index is -0.164. The molecule has 0 aromatic heterocycles. The van der Waals surface area contributed by atoms with Gasteiger partial charge in [-0.3, -0.25) is 4.99 Å². The highest BCUT2D eigenvalue weighted by molar-refractivity contribution is 8.13. The molecule has 1 aromatic carbocycles. The first kappa shape index (κ1) is 11.3. The van der Waals surface area contributed by atoms with Crippen LogP contribution in [-0.4, -0.2) is 18.0 Å². The van der Waals surface area contributed by atoms with E-state index in [4.69, 9.17) is 5.73 Å². The predicted molar refractivity (Wildman–Crippen MR) is 72.0 cm³/mol. The molecule has 0 bridgehead atoms. The second kappa shape index (κ2) is 4.37. The fraction of sp³-hybridized carbons (Fsp3) is 0.417. The van der Waals surface area contributed by atoms with Gasteiger partial charge in [-0.1, -0.05) is 23.9 Å². The average Bonchev–Trinajstić information content (AvgIpc) is 2.29. The van der Waals surface area contributed by atoms with Crippen LogP contribution in [0.3, 0.4) is 0 Å². The number of anilines is 1. The number of nitrogens with zero attached hydrogens (tertiary/aromatic N) is 1. The third-order valence-electron chi connectivity index (χ3n) is 2.97. The fourth-order valence-electron chi connectivity index (χ4n) is 1.90. The van der Waals surface area contributed by atoms with Crippen molar-refractivity contribution < 1.29 is 0 Å². The Labute approximate surface area is 101 Å². The first-order valence-electron chi connectivity index (χ1n) is 5.40. The summed E-state index contributed by atoms with van der Waals surface area (Å²) in [7, 11) is 1.93. The van der Waals surface area contributed by atoms with Gasteiger partial charge < -0.3 is 11.1 Å². The molecule has 3 nitrogen and oxygen atoms in total. The summed E-state index contributed by atoms with van der Waals surface area (Å²) in [6, 6.07) is 8.37. The van der Waals surface area contributed by atoms with Gasteiger partial charge in [0.2, 0.25) is 0 Å². The molecule has 1 aliphatic rings.